The highest BCUT2D eigenvalue weighted by molar-refractivity contribution is 5.40. The first-order valence-electron chi connectivity index (χ1n) is 5.44. The van der Waals surface area contributed by atoms with Gasteiger partial charge >= 0.3 is 0 Å². The quantitative estimate of drug-likeness (QED) is 0.346. The minimum atomic E-state index is -1.53. The smallest absolute Gasteiger partial charge is 0.211 e. The van der Waals surface area contributed by atoms with Gasteiger partial charge in [0.2, 0.25) is 6.08 Å². The maximum atomic E-state index is 13.7. The van der Waals surface area contributed by atoms with Crippen molar-refractivity contribution in [1.29, 1.82) is 0 Å². The largest absolute Gasteiger partial charge is 0.235 e. The SMILES string of the molecule is O=C=NC1(c2c(F)c(F)cc(F)c2F)CCCC1. The van der Waals surface area contributed by atoms with Crippen LogP contribution in [0.2, 0.25) is 0 Å². The van der Waals surface area contributed by atoms with Crippen LogP contribution in [0.3, 0.4) is 0 Å². The van der Waals surface area contributed by atoms with E-state index in [1.54, 1.807) is 0 Å². The summed E-state index contributed by atoms with van der Waals surface area (Å²) < 4.78 is 53.7. The van der Waals surface area contributed by atoms with Crippen LogP contribution in [0.25, 0.3) is 0 Å². The lowest BCUT2D eigenvalue weighted by atomic mass is 9.87. The van der Waals surface area contributed by atoms with Crippen LogP contribution in [0.4, 0.5) is 17.6 Å². The Morgan fingerprint density at radius 1 is 1.06 bits per heavy atom. The molecule has 0 radical (unpaired) electrons. The van der Waals surface area contributed by atoms with Crippen molar-refractivity contribution < 1.29 is 22.4 Å². The van der Waals surface area contributed by atoms with E-state index in [1.807, 2.05) is 0 Å². The summed E-state index contributed by atoms with van der Waals surface area (Å²) in [5.74, 6) is -5.96. The third kappa shape index (κ3) is 1.82. The van der Waals surface area contributed by atoms with Crippen LogP contribution in [0.15, 0.2) is 11.1 Å². The molecule has 1 saturated carbocycles. The molecule has 0 amide bonds. The van der Waals surface area contributed by atoms with Crippen LogP contribution in [0.1, 0.15) is 31.2 Å². The molecule has 18 heavy (non-hydrogen) atoms. The van der Waals surface area contributed by atoms with Crippen molar-refractivity contribution in [3.63, 3.8) is 0 Å². The predicted molar refractivity (Wildman–Crippen MR) is 54.5 cm³/mol. The number of rotatable bonds is 2. The first-order chi connectivity index (χ1) is 8.52. The fourth-order valence-electron chi connectivity index (χ4n) is 2.45. The summed E-state index contributed by atoms with van der Waals surface area (Å²) >= 11 is 0. The average Bonchev–Trinajstić information content (AvgIpc) is 2.77. The van der Waals surface area contributed by atoms with E-state index in [1.165, 1.54) is 6.08 Å². The van der Waals surface area contributed by atoms with E-state index in [-0.39, 0.29) is 18.9 Å². The second kappa shape index (κ2) is 4.53. The molecular weight excluding hydrogens is 250 g/mol. The molecule has 1 aliphatic rings. The molecule has 1 aromatic carbocycles. The molecule has 6 heteroatoms. The van der Waals surface area contributed by atoms with Gasteiger partial charge in [0, 0.05) is 6.07 Å². The highest BCUT2D eigenvalue weighted by Gasteiger charge is 2.42. The van der Waals surface area contributed by atoms with Crippen LogP contribution < -0.4 is 0 Å². The number of aliphatic imine (C=N–C) groups is 1. The maximum absolute atomic E-state index is 13.7. The zero-order chi connectivity index (χ0) is 13.3. The molecule has 0 unspecified atom stereocenters. The van der Waals surface area contributed by atoms with Gasteiger partial charge in [0.1, 0.15) is 5.54 Å². The van der Waals surface area contributed by atoms with E-state index in [2.05, 4.69) is 4.99 Å². The van der Waals surface area contributed by atoms with Crippen molar-refractivity contribution in [2.24, 2.45) is 4.99 Å². The zero-order valence-electron chi connectivity index (χ0n) is 9.27. The van der Waals surface area contributed by atoms with Gasteiger partial charge in [-0.25, -0.2) is 22.4 Å². The summed E-state index contributed by atoms with van der Waals surface area (Å²) in [4.78, 5) is 13.8. The molecular formula is C12H9F4NO. The van der Waals surface area contributed by atoms with Crippen molar-refractivity contribution in [2.75, 3.05) is 0 Å². The van der Waals surface area contributed by atoms with Crippen molar-refractivity contribution >= 4 is 6.08 Å². The normalized spacial score (nSPS) is 17.6. The van der Waals surface area contributed by atoms with Crippen molar-refractivity contribution in [1.82, 2.24) is 0 Å². The molecule has 0 aliphatic heterocycles. The molecule has 1 aliphatic carbocycles. The lowest BCUT2D eigenvalue weighted by Crippen LogP contribution is -2.24. The Morgan fingerprint density at radius 3 is 2.00 bits per heavy atom. The van der Waals surface area contributed by atoms with Crippen LogP contribution in [0.5, 0.6) is 0 Å². The molecule has 1 aromatic rings. The average molecular weight is 259 g/mol. The lowest BCUT2D eigenvalue weighted by Gasteiger charge is -2.24. The van der Waals surface area contributed by atoms with Gasteiger partial charge in [0.15, 0.2) is 23.3 Å². The molecule has 2 nitrogen and oxygen atoms in total. The highest BCUT2D eigenvalue weighted by atomic mass is 19.2. The van der Waals surface area contributed by atoms with Crippen LogP contribution >= 0.6 is 0 Å². The van der Waals surface area contributed by atoms with Crippen molar-refractivity contribution in [2.45, 2.75) is 31.2 Å². The number of carbonyl (C=O) groups excluding carboxylic acids is 1. The molecule has 96 valence electrons. The summed E-state index contributed by atoms with van der Waals surface area (Å²) in [6.07, 6.45) is 2.71. The topological polar surface area (TPSA) is 29.4 Å². The Kier molecular flexibility index (Phi) is 3.22. The summed E-state index contributed by atoms with van der Waals surface area (Å²) in [7, 11) is 0. The number of benzene rings is 1. The van der Waals surface area contributed by atoms with Gasteiger partial charge in [0.05, 0.1) is 5.56 Å². The van der Waals surface area contributed by atoms with Crippen LogP contribution in [-0.2, 0) is 10.3 Å². The molecule has 0 N–H and O–H groups in total. The van der Waals surface area contributed by atoms with E-state index in [4.69, 9.17) is 0 Å². The summed E-state index contributed by atoms with van der Waals surface area (Å²) in [5.41, 5.74) is -2.33. The Bertz CT molecular complexity index is 505. The third-order valence-electron chi connectivity index (χ3n) is 3.27. The number of halogens is 4. The molecule has 0 spiro atoms. The minimum absolute atomic E-state index is 0.140. The molecule has 1 fully saturated rings. The number of hydrogen-bond donors (Lipinski definition) is 0. The van der Waals surface area contributed by atoms with Gasteiger partial charge in [0.25, 0.3) is 0 Å². The Balaban J connectivity index is 2.72. The monoisotopic (exact) mass is 259 g/mol. The maximum Gasteiger partial charge on any atom is 0.235 e. The van der Waals surface area contributed by atoms with E-state index < -0.39 is 34.4 Å². The van der Waals surface area contributed by atoms with Gasteiger partial charge in [-0.1, -0.05) is 12.8 Å². The van der Waals surface area contributed by atoms with Crippen molar-refractivity contribution in [3.05, 3.63) is 34.9 Å². The fourth-order valence-corrected chi connectivity index (χ4v) is 2.45. The predicted octanol–water partition coefficient (Wildman–Crippen LogP) is 3.35. The van der Waals surface area contributed by atoms with Crippen LogP contribution in [0, 0.1) is 23.3 Å². The second-order valence-electron chi connectivity index (χ2n) is 4.28. The molecule has 0 bridgehead atoms. The Hall–Kier alpha value is -1.68. The zero-order valence-corrected chi connectivity index (χ0v) is 9.27. The summed E-state index contributed by atoms with van der Waals surface area (Å²) in [5, 5.41) is 0. The van der Waals surface area contributed by atoms with E-state index in [0.29, 0.717) is 12.8 Å². The first-order valence-corrected chi connectivity index (χ1v) is 5.44. The van der Waals surface area contributed by atoms with Gasteiger partial charge < -0.3 is 0 Å². The number of nitrogens with zero attached hydrogens (tertiary/aromatic N) is 1. The van der Waals surface area contributed by atoms with Gasteiger partial charge in [-0.05, 0) is 12.8 Å². The number of isocyanates is 1. The summed E-state index contributed by atoms with van der Waals surface area (Å²) in [6, 6.07) is 0.140. The minimum Gasteiger partial charge on any atom is -0.211 e. The van der Waals surface area contributed by atoms with E-state index in [0.717, 1.165) is 0 Å². The molecule has 0 atom stereocenters. The van der Waals surface area contributed by atoms with E-state index in [9.17, 15) is 22.4 Å². The van der Waals surface area contributed by atoms with E-state index >= 15 is 0 Å². The third-order valence-corrected chi connectivity index (χ3v) is 3.27. The summed E-state index contributed by atoms with van der Waals surface area (Å²) in [6.45, 7) is 0. The molecule has 0 saturated heterocycles. The Morgan fingerprint density at radius 2 is 1.56 bits per heavy atom. The van der Waals surface area contributed by atoms with Gasteiger partial charge in [-0.3, -0.25) is 0 Å². The first kappa shape index (κ1) is 12.8. The van der Waals surface area contributed by atoms with Crippen LogP contribution in [-0.4, -0.2) is 6.08 Å². The lowest BCUT2D eigenvalue weighted by molar-refractivity contribution is 0.367. The standard InChI is InChI=1S/C12H9F4NO/c13-7-5-8(14)11(16)9(10(7)15)12(17-6-18)3-1-2-4-12/h5H,1-4H2. The molecule has 0 heterocycles. The second-order valence-corrected chi connectivity index (χ2v) is 4.28. The fraction of sp³-hybridized carbons (Fsp3) is 0.417. The van der Waals surface area contributed by atoms with Gasteiger partial charge in [-0.15, -0.1) is 0 Å². The number of hydrogen-bond acceptors (Lipinski definition) is 2. The van der Waals surface area contributed by atoms with Crippen molar-refractivity contribution in [3.8, 4) is 0 Å². The molecule has 2 rings (SSSR count). The highest BCUT2D eigenvalue weighted by Crippen LogP contribution is 2.44. The Labute approximate surface area is 100 Å². The van der Waals surface area contributed by atoms with Gasteiger partial charge in [-0.2, -0.15) is 4.99 Å². The molecule has 0 aromatic heterocycles.